The molecule has 5 rings (SSSR count). The van der Waals surface area contributed by atoms with Crippen LogP contribution in [0.1, 0.15) is 41.1 Å². The van der Waals surface area contributed by atoms with E-state index >= 15 is 0 Å². The number of aromatic amines is 1. The quantitative estimate of drug-likeness (QED) is 0.295. The zero-order valence-corrected chi connectivity index (χ0v) is 21.9. The van der Waals surface area contributed by atoms with Gasteiger partial charge in [0.25, 0.3) is 5.56 Å². The Balaban J connectivity index is 1.32. The summed E-state index contributed by atoms with van der Waals surface area (Å²) in [5, 5.41) is 11.6. The minimum atomic E-state index is -0.723. The minimum Gasteiger partial charge on any atom is -0.497 e. The highest BCUT2D eigenvalue weighted by Crippen LogP contribution is 2.33. The molecule has 0 amide bonds. The summed E-state index contributed by atoms with van der Waals surface area (Å²) in [7, 11) is 1.62. The van der Waals surface area contributed by atoms with Crippen LogP contribution in [-0.2, 0) is 25.9 Å². The topological polar surface area (TPSA) is 87.7 Å². The number of nitrogens with zero attached hydrogens (tertiary/aromatic N) is 2. The molecule has 194 valence electrons. The number of H-pyrrole nitrogens is 1. The fourth-order valence-corrected chi connectivity index (χ4v) is 6.19. The van der Waals surface area contributed by atoms with Crippen molar-refractivity contribution in [1.29, 1.82) is 0 Å². The van der Waals surface area contributed by atoms with E-state index in [2.05, 4.69) is 22.0 Å². The summed E-state index contributed by atoms with van der Waals surface area (Å²) >= 11 is 1.67. The van der Waals surface area contributed by atoms with Crippen LogP contribution < -0.4 is 15.0 Å². The van der Waals surface area contributed by atoms with Crippen LogP contribution in [0.2, 0.25) is 0 Å². The summed E-state index contributed by atoms with van der Waals surface area (Å²) in [5.41, 5.74) is 2.27. The Labute approximate surface area is 220 Å². The van der Waals surface area contributed by atoms with Gasteiger partial charge in [-0.05, 0) is 61.1 Å². The minimum absolute atomic E-state index is 0.0533. The van der Waals surface area contributed by atoms with E-state index in [0.717, 1.165) is 40.8 Å². The van der Waals surface area contributed by atoms with Gasteiger partial charge < -0.3 is 19.6 Å². The summed E-state index contributed by atoms with van der Waals surface area (Å²) in [4.78, 5) is 25.3. The molecule has 0 saturated carbocycles. The Morgan fingerprint density at radius 3 is 2.57 bits per heavy atom. The number of nitrogens with one attached hydrogen (secondary N) is 1. The first-order chi connectivity index (χ1) is 18.1. The maximum absolute atomic E-state index is 13.1. The molecule has 7 nitrogen and oxygen atoms in total. The van der Waals surface area contributed by atoms with E-state index in [1.807, 2.05) is 42.5 Å². The number of benzene rings is 2. The lowest BCUT2D eigenvalue weighted by atomic mass is 10.1. The molecule has 1 aliphatic rings. The van der Waals surface area contributed by atoms with E-state index in [1.54, 1.807) is 18.4 Å². The van der Waals surface area contributed by atoms with Crippen LogP contribution in [0.4, 0.5) is 0 Å². The summed E-state index contributed by atoms with van der Waals surface area (Å²) < 4.78 is 11.0. The maximum atomic E-state index is 13.1. The number of thiophene rings is 1. The van der Waals surface area contributed by atoms with E-state index < -0.39 is 6.10 Å². The van der Waals surface area contributed by atoms with Crippen LogP contribution in [0.25, 0.3) is 10.2 Å². The molecule has 2 N–H and O–H groups in total. The van der Waals surface area contributed by atoms with Gasteiger partial charge >= 0.3 is 0 Å². The van der Waals surface area contributed by atoms with Crippen LogP contribution in [0.5, 0.6) is 11.5 Å². The van der Waals surface area contributed by atoms with Gasteiger partial charge in [0.15, 0.2) is 0 Å². The van der Waals surface area contributed by atoms with Crippen molar-refractivity contribution in [3.8, 4) is 11.5 Å². The molecule has 1 unspecified atom stereocenters. The summed E-state index contributed by atoms with van der Waals surface area (Å²) in [5.74, 6) is 2.04. The molecule has 4 aromatic rings. The fourth-order valence-electron chi connectivity index (χ4n) is 4.91. The van der Waals surface area contributed by atoms with E-state index in [0.29, 0.717) is 31.2 Å². The Morgan fingerprint density at radius 1 is 1.03 bits per heavy atom. The third-order valence-electron chi connectivity index (χ3n) is 6.72. The zero-order valence-electron chi connectivity index (χ0n) is 21.1. The molecule has 37 heavy (non-hydrogen) atoms. The predicted octanol–water partition coefficient (Wildman–Crippen LogP) is 4.70. The first-order valence-electron chi connectivity index (χ1n) is 12.8. The molecule has 2 heterocycles. The summed E-state index contributed by atoms with van der Waals surface area (Å²) in [6.45, 7) is 1.55. The number of aliphatic hydroxyl groups excluding tert-OH is 1. The molecule has 0 radical (unpaired) electrons. The second-order valence-corrected chi connectivity index (χ2v) is 10.6. The second-order valence-electron chi connectivity index (χ2n) is 9.55. The van der Waals surface area contributed by atoms with Crippen LogP contribution in [0.3, 0.4) is 0 Å². The highest BCUT2D eigenvalue weighted by Gasteiger charge is 2.20. The molecule has 1 atom stereocenters. The van der Waals surface area contributed by atoms with E-state index in [4.69, 9.17) is 14.5 Å². The van der Waals surface area contributed by atoms with Gasteiger partial charge in [-0.15, -0.1) is 11.3 Å². The number of rotatable bonds is 10. The number of methoxy groups -OCH3 is 1. The third kappa shape index (κ3) is 6.39. The molecule has 0 fully saturated rings. The number of hydrogen-bond acceptors (Lipinski definition) is 7. The molecule has 0 saturated heterocycles. The monoisotopic (exact) mass is 519 g/mol. The Hall–Kier alpha value is -3.20. The molecule has 8 heteroatoms. The van der Waals surface area contributed by atoms with E-state index in [9.17, 15) is 9.90 Å². The van der Waals surface area contributed by atoms with Gasteiger partial charge in [-0.2, -0.15) is 0 Å². The lowest BCUT2D eigenvalue weighted by Gasteiger charge is -2.25. The fraction of sp³-hybridized carbons (Fsp3) is 0.379. The van der Waals surface area contributed by atoms with E-state index in [-0.39, 0.29) is 12.2 Å². The lowest BCUT2D eigenvalue weighted by Crippen LogP contribution is -2.35. The normalized spacial score (nSPS) is 14.4. The van der Waals surface area contributed by atoms with Gasteiger partial charge in [-0.3, -0.25) is 9.69 Å². The maximum Gasteiger partial charge on any atom is 0.259 e. The largest absolute Gasteiger partial charge is 0.497 e. The van der Waals surface area contributed by atoms with E-state index in [1.165, 1.54) is 23.3 Å². The molecule has 1 aliphatic carbocycles. The van der Waals surface area contributed by atoms with Gasteiger partial charge in [-0.25, -0.2) is 4.98 Å². The van der Waals surface area contributed by atoms with Crippen molar-refractivity contribution in [2.24, 2.45) is 0 Å². The first-order valence-corrected chi connectivity index (χ1v) is 13.7. The Bertz CT molecular complexity index is 1370. The second kappa shape index (κ2) is 11.9. The average Bonchev–Trinajstić information content (AvgIpc) is 3.10. The van der Waals surface area contributed by atoms with Crippen LogP contribution >= 0.6 is 11.3 Å². The number of ether oxygens (including phenoxy) is 2. The SMILES string of the molecule is COc1ccc(OCC(O)CN(Cc2ccccc2)Cc2nc3sc4c(c3c(=O)[nH]2)CCCCC4)cc1. The van der Waals surface area contributed by atoms with Crippen molar-refractivity contribution in [1.82, 2.24) is 14.9 Å². The van der Waals surface area contributed by atoms with Crippen molar-refractivity contribution in [3.05, 3.63) is 86.8 Å². The number of aliphatic hydroxyl groups is 1. The molecule has 0 spiro atoms. The number of hydrogen-bond donors (Lipinski definition) is 2. The summed E-state index contributed by atoms with van der Waals surface area (Å²) in [6.07, 6.45) is 4.78. The van der Waals surface area contributed by atoms with Gasteiger partial charge in [0, 0.05) is 18.0 Å². The number of fused-ring (bicyclic) bond motifs is 3. The van der Waals surface area contributed by atoms with Gasteiger partial charge in [-0.1, -0.05) is 36.8 Å². The molecule has 2 aromatic heterocycles. The Morgan fingerprint density at radius 2 is 1.78 bits per heavy atom. The van der Waals surface area contributed by atoms with Crippen molar-refractivity contribution in [2.75, 3.05) is 20.3 Å². The molecule has 0 bridgehead atoms. The number of aryl methyl sites for hydroxylation is 2. The van der Waals surface area contributed by atoms with Crippen LogP contribution in [-0.4, -0.2) is 46.3 Å². The van der Waals surface area contributed by atoms with Crippen LogP contribution in [0.15, 0.2) is 59.4 Å². The van der Waals surface area contributed by atoms with Crippen molar-refractivity contribution >= 4 is 21.6 Å². The van der Waals surface area contributed by atoms with Gasteiger partial charge in [0.05, 0.1) is 19.0 Å². The van der Waals surface area contributed by atoms with Gasteiger partial charge in [0.1, 0.15) is 34.9 Å². The average molecular weight is 520 g/mol. The Kier molecular flexibility index (Phi) is 8.18. The smallest absolute Gasteiger partial charge is 0.259 e. The summed E-state index contributed by atoms with van der Waals surface area (Å²) in [6, 6.07) is 17.4. The third-order valence-corrected chi connectivity index (χ3v) is 7.90. The predicted molar refractivity (Wildman–Crippen MR) is 147 cm³/mol. The molecule has 0 aliphatic heterocycles. The van der Waals surface area contributed by atoms with Crippen molar-refractivity contribution in [3.63, 3.8) is 0 Å². The standard InChI is InChI=1S/C29H33N3O4S/c1-35-22-12-14-23(15-13-22)36-19-21(33)17-32(16-20-8-4-2-5-9-20)18-26-30-28(34)27-24-10-6-3-7-11-25(24)37-29(27)31-26/h2,4-5,8-9,12-15,21,33H,3,6-7,10-11,16-19H2,1H3,(H,30,31,34). The molecular formula is C29H33N3O4S. The number of aromatic nitrogens is 2. The van der Waals surface area contributed by atoms with Crippen molar-refractivity contribution in [2.45, 2.75) is 51.3 Å². The lowest BCUT2D eigenvalue weighted by molar-refractivity contribution is 0.0619. The van der Waals surface area contributed by atoms with Gasteiger partial charge in [0.2, 0.25) is 0 Å². The van der Waals surface area contributed by atoms with Crippen molar-refractivity contribution < 1.29 is 14.6 Å². The first kappa shape index (κ1) is 25.4. The highest BCUT2D eigenvalue weighted by molar-refractivity contribution is 7.18. The molecular weight excluding hydrogens is 486 g/mol. The van der Waals surface area contributed by atoms with Crippen LogP contribution in [0, 0.1) is 0 Å². The highest BCUT2D eigenvalue weighted by atomic mass is 32.1. The zero-order chi connectivity index (χ0) is 25.6. The molecule has 2 aromatic carbocycles.